The number of rotatable bonds is 3. The molecule has 0 amide bonds. The quantitative estimate of drug-likeness (QED) is 0.609. The van der Waals surface area contributed by atoms with Gasteiger partial charge < -0.3 is 0 Å². The highest BCUT2D eigenvalue weighted by Crippen LogP contribution is 2.46. The van der Waals surface area contributed by atoms with Crippen LogP contribution in [-0.4, -0.2) is 19.8 Å². The molecule has 98 valence electrons. The van der Waals surface area contributed by atoms with Crippen molar-refractivity contribution in [1.29, 1.82) is 0 Å². The summed E-state index contributed by atoms with van der Waals surface area (Å²) in [5.41, 5.74) is 0.544. The average molecular weight is 267 g/mol. The summed E-state index contributed by atoms with van der Waals surface area (Å²) in [4.78, 5) is 0. The Morgan fingerprint density at radius 3 is 2.39 bits per heavy atom. The molecule has 1 heterocycles. The zero-order valence-electron chi connectivity index (χ0n) is 10.9. The van der Waals surface area contributed by atoms with Gasteiger partial charge in [-0.15, -0.1) is 6.58 Å². The van der Waals surface area contributed by atoms with Crippen molar-refractivity contribution < 1.29 is 8.60 Å². The fourth-order valence-corrected chi connectivity index (χ4v) is 3.43. The van der Waals surface area contributed by atoms with Crippen molar-refractivity contribution in [2.75, 3.05) is 6.54 Å². The first-order valence-electron chi connectivity index (χ1n) is 5.90. The van der Waals surface area contributed by atoms with E-state index in [2.05, 4.69) is 6.58 Å². The lowest BCUT2D eigenvalue weighted by atomic mass is 10.00. The lowest BCUT2D eigenvalue weighted by Gasteiger charge is -2.21. The summed E-state index contributed by atoms with van der Waals surface area (Å²) < 4.78 is 26.9. The average Bonchev–Trinajstić information content (AvgIpc) is 3.03. The van der Waals surface area contributed by atoms with Crippen molar-refractivity contribution in [2.24, 2.45) is 0 Å². The summed E-state index contributed by atoms with van der Waals surface area (Å²) >= 11 is 0. The monoisotopic (exact) mass is 267 g/mol. The second-order valence-corrected chi connectivity index (χ2v) is 7.70. The highest BCUT2D eigenvalue weighted by molar-refractivity contribution is 7.84. The van der Waals surface area contributed by atoms with E-state index in [1.807, 2.05) is 25.1 Å². The largest absolute Gasteiger partial charge is 0.242 e. The Labute approximate surface area is 110 Å². The topological polar surface area (TPSA) is 20.1 Å². The summed E-state index contributed by atoms with van der Waals surface area (Å²) in [5.74, 6) is -0.262. The third-order valence-electron chi connectivity index (χ3n) is 3.13. The van der Waals surface area contributed by atoms with Crippen LogP contribution in [0.25, 0.3) is 0 Å². The summed E-state index contributed by atoms with van der Waals surface area (Å²) in [6.45, 7) is 10.3. The Balaban J connectivity index is 2.29. The van der Waals surface area contributed by atoms with Crippen LogP contribution in [0.1, 0.15) is 26.3 Å². The first-order valence-corrected chi connectivity index (χ1v) is 7.01. The van der Waals surface area contributed by atoms with Crippen LogP contribution in [0.5, 0.6) is 0 Å². The molecule has 1 fully saturated rings. The number of hydrogen-bond donors (Lipinski definition) is 0. The van der Waals surface area contributed by atoms with E-state index in [9.17, 15) is 8.60 Å². The molecular weight excluding hydrogens is 249 g/mol. The van der Waals surface area contributed by atoms with E-state index >= 15 is 0 Å². The van der Waals surface area contributed by atoms with Crippen LogP contribution in [0, 0.1) is 5.82 Å². The standard InChI is InChI=1S/C14H18FNOS/c1-5-14(11-6-8-12(15)9-7-11)10-16(14)18(17)13(2,3)4/h5-9H,1,10H2,2-4H3/t14-,16?,18?/m1/s1. The minimum absolute atomic E-state index is 0.262. The maximum Gasteiger partial charge on any atom is 0.123 e. The van der Waals surface area contributed by atoms with Gasteiger partial charge in [-0.05, 0) is 38.5 Å². The molecule has 0 aromatic heterocycles. The van der Waals surface area contributed by atoms with Crippen molar-refractivity contribution in [2.45, 2.75) is 31.1 Å². The van der Waals surface area contributed by atoms with Gasteiger partial charge in [-0.2, -0.15) is 0 Å². The van der Waals surface area contributed by atoms with Gasteiger partial charge in [0, 0.05) is 6.54 Å². The van der Waals surface area contributed by atoms with Gasteiger partial charge in [-0.1, -0.05) is 18.2 Å². The van der Waals surface area contributed by atoms with E-state index in [0.29, 0.717) is 6.54 Å². The van der Waals surface area contributed by atoms with E-state index in [0.717, 1.165) is 5.56 Å². The summed E-state index contributed by atoms with van der Waals surface area (Å²) in [6.07, 6.45) is 1.80. The van der Waals surface area contributed by atoms with Crippen LogP contribution in [0.15, 0.2) is 36.9 Å². The minimum atomic E-state index is -1.08. The van der Waals surface area contributed by atoms with Crippen molar-refractivity contribution in [3.05, 3.63) is 48.3 Å². The molecule has 2 rings (SSSR count). The van der Waals surface area contributed by atoms with Crippen molar-refractivity contribution in [1.82, 2.24) is 4.31 Å². The molecule has 0 N–H and O–H groups in total. The van der Waals surface area contributed by atoms with Gasteiger partial charge in [0.05, 0.1) is 10.3 Å². The molecule has 3 atom stereocenters. The fraction of sp³-hybridized carbons (Fsp3) is 0.429. The predicted molar refractivity (Wildman–Crippen MR) is 72.9 cm³/mol. The van der Waals surface area contributed by atoms with Gasteiger partial charge in [0.2, 0.25) is 0 Å². The van der Waals surface area contributed by atoms with Gasteiger partial charge >= 0.3 is 0 Å². The Hall–Kier alpha value is -1.00. The highest BCUT2D eigenvalue weighted by Gasteiger charge is 2.56. The van der Waals surface area contributed by atoms with Gasteiger partial charge in [0.1, 0.15) is 16.8 Å². The molecule has 1 aliphatic rings. The second-order valence-electron chi connectivity index (χ2n) is 5.53. The van der Waals surface area contributed by atoms with Crippen LogP contribution in [0.4, 0.5) is 4.39 Å². The number of nitrogens with zero attached hydrogens (tertiary/aromatic N) is 1. The first-order chi connectivity index (χ1) is 8.31. The molecule has 2 unspecified atom stereocenters. The van der Waals surface area contributed by atoms with Crippen LogP contribution in [0.3, 0.4) is 0 Å². The Morgan fingerprint density at radius 2 is 1.94 bits per heavy atom. The maximum atomic E-state index is 12.9. The van der Waals surface area contributed by atoms with Crippen LogP contribution in [-0.2, 0) is 16.5 Å². The Bertz CT molecular complexity index is 492. The second kappa shape index (κ2) is 4.28. The predicted octanol–water partition coefficient (Wildman–Crippen LogP) is 2.98. The van der Waals surface area contributed by atoms with E-state index < -0.39 is 16.5 Å². The summed E-state index contributed by atoms with van der Waals surface area (Å²) in [7, 11) is -1.08. The lowest BCUT2D eigenvalue weighted by Crippen LogP contribution is -2.30. The molecule has 1 aliphatic heterocycles. The van der Waals surface area contributed by atoms with Gasteiger partial charge in [-0.3, -0.25) is 0 Å². The molecule has 1 aromatic rings. The van der Waals surface area contributed by atoms with Crippen molar-refractivity contribution in [3.8, 4) is 0 Å². The summed E-state index contributed by atoms with van der Waals surface area (Å²) in [6, 6.07) is 6.32. The zero-order chi connectivity index (χ0) is 13.6. The van der Waals surface area contributed by atoms with Crippen LogP contribution >= 0.6 is 0 Å². The molecule has 0 radical (unpaired) electrons. The molecule has 1 aromatic carbocycles. The van der Waals surface area contributed by atoms with Crippen molar-refractivity contribution >= 4 is 11.0 Å². The van der Waals surface area contributed by atoms with Crippen LogP contribution < -0.4 is 0 Å². The molecule has 0 bridgehead atoms. The third kappa shape index (κ3) is 2.15. The van der Waals surface area contributed by atoms with Crippen LogP contribution in [0.2, 0.25) is 0 Å². The SMILES string of the molecule is C=C[C@]1(c2ccc(F)cc2)CN1S(=O)C(C)(C)C. The molecule has 0 aliphatic carbocycles. The van der Waals surface area contributed by atoms with Gasteiger partial charge in [0.15, 0.2) is 0 Å². The highest BCUT2D eigenvalue weighted by atomic mass is 32.2. The minimum Gasteiger partial charge on any atom is -0.242 e. The summed E-state index contributed by atoms with van der Waals surface area (Å²) in [5, 5.41) is 0. The smallest absolute Gasteiger partial charge is 0.123 e. The molecule has 18 heavy (non-hydrogen) atoms. The molecule has 4 heteroatoms. The number of hydrogen-bond acceptors (Lipinski definition) is 1. The third-order valence-corrected chi connectivity index (χ3v) is 5.04. The zero-order valence-corrected chi connectivity index (χ0v) is 11.8. The van der Waals surface area contributed by atoms with Crippen molar-refractivity contribution in [3.63, 3.8) is 0 Å². The van der Waals surface area contributed by atoms with Gasteiger partial charge in [-0.25, -0.2) is 12.9 Å². The molecular formula is C14H18FNOS. The Morgan fingerprint density at radius 1 is 1.39 bits per heavy atom. The molecule has 0 spiro atoms. The van der Waals surface area contributed by atoms with Gasteiger partial charge in [0.25, 0.3) is 0 Å². The number of benzene rings is 1. The fourth-order valence-electron chi connectivity index (χ4n) is 1.98. The molecule has 0 saturated carbocycles. The normalized spacial score (nSPS) is 28.8. The molecule has 2 nitrogen and oxygen atoms in total. The first kappa shape index (κ1) is 13.4. The van der Waals surface area contributed by atoms with E-state index in [-0.39, 0.29) is 10.6 Å². The molecule has 1 saturated heterocycles. The lowest BCUT2D eigenvalue weighted by molar-refractivity contribution is 0.584. The number of halogens is 1. The Kier molecular flexibility index (Phi) is 3.19. The maximum absolute atomic E-state index is 12.9. The van der Waals surface area contributed by atoms with E-state index in [1.54, 1.807) is 18.2 Å². The van der Waals surface area contributed by atoms with E-state index in [4.69, 9.17) is 0 Å². The van der Waals surface area contributed by atoms with E-state index in [1.165, 1.54) is 12.1 Å².